The van der Waals surface area contributed by atoms with Gasteiger partial charge < -0.3 is 19.7 Å². The highest BCUT2D eigenvalue weighted by Gasteiger charge is 2.38. The van der Waals surface area contributed by atoms with Gasteiger partial charge in [-0.1, -0.05) is 73.7 Å². The average molecular weight is 606 g/mol. The van der Waals surface area contributed by atoms with E-state index in [1.807, 2.05) is 37.3 Å². The number of carboxylic acid groups (broad SMARTS) is 1. The molecule has 42 heavy (non-hydrogen) atoms. The molecule has 0 saturated carbocycles. The maximum Gasteiger partial charge on any atom is 0.336 e. The standard InChI is InChI=1S/C32H31NO7S2/c1-21-28(20-41-29-13-6-5-12-27(29)31(35)36)39-32(40-30(21)23-16-14-22(19-34)15-17-23)24-8-7-9-25(18-24)33-42(37,38)26-10-3-2-4-11-26/h2-18,21,28,30,32-34H,19-20H2,1H3,(H,35,36). The minimum atomic E-state index is -3.79. The zero-order valence-corrected chi connectivity index (χ0v) is 24.4. The van der Waals surface area contributed by atoms with Crippen LogP contribution in [-0.2, 0) is 26.1 Å². The molecule has 4 aromatic carbocycles. The van der Waals surface area contributed by atoms with Crippen LogP contribution < -0.4 is 4.72 Å². The van der Waals surface area contributed by atoms with Gasteiger partial charge in [-0.2, -0.15) is 0 Å². The molecular formula is C32H31NO7S2. The van der Waals surface area contributed by atoms with Gasteiger partial charge >= 0.3 is 5.97 Å². The van der Waals surface area contributed by atoms with E-state index in [2.05, 4.69) is 4.72 Å². The summed E-state index contributed by atoms with van der Waals surface area (Å²) in [5.41, 5.74) is 2.93. The Kier molecular flexibility index (Phi) is 9.30. The molecule has 5 rings (SSSR count). The lowest BCUT2D eigenvalue weighted by molar-refractivity contribution is -0.268. The number of carbonyl (C=O) groups is 1. The summed E-state index contributed by atoms with van der Waals surface area (Å²) in [5.74, 6) is -0.629. The van der Waals surface area contributed by atoms with Crippen molar-refractivity contribution in [3.05, 3.63) is 125 Å². The third-order valence-corrected chi connectivity index (χ3v) is 9.67. The van der Waals surface area contributed by atoms with Gasteiger partial charge in [-0.05, 0) is 47.5 Å². The van der Waals surface area contributed by atoms with Gasteiger partial charge in [-0.15, -0.1) is 11.8 Å². The summed E-state index contributed by atoms with van der Waals surface area (Å²) >= 11 is 1.41. The summed E-state index contributed by atoms with van der Waals surface area (Å²) in [6.45, 7) is 1.96. The topological polar surface area (TPSA) is 122 Å². The van der Waals surface area contributed by atoms with Crippen molar-refractivity contribution in [1.29, 1.82) is 0 Å². The molecule has 4 aromatic rings. The number of hydrogen-bond donors (Lipinski definition) is 3. The van der Waals surface area contributed by atoms with Crippen molar-refractivity contribution in [3.8, 4) is 0 Å². The van der Waals surface area contributed by atoms with Crippen molar-refractivity contribution in [1.82, 2.24) is 0 Å². The Hall–Kier alpha value is -3.67. The van der Waals surface area contributed by atoms with Gasteiger partial charge in [0.15, 0.2) is 6.29 Å². The maximum atomic E-state index is 12.9. The third-order valence-electron chi connectivity index (χ3n) is 7.11. The molecule has 10 heteroatoms. The molecule has 4 atom stereocenters. The zero-order chi connectivity index (χ0) is 29.7. The van der Waals surface area contributed by atoms with Crippen LogP contribution in [0.4, 0.5) is 5.69 Å². The van der Waals surface area contributed by atoms with Gasteiger partial charge in [0.25, 0.3) is 10.0 Å². The second kappa shape index (κ2) is 13.1. The molecule has 1 heterocycles. The second-order valence-electron chi connectivity index (χ2n) is 9.98. The van der Waals surface area contributed by atoms with Crippen molar-refractivity contribution < 1.29 is 32.9 Å². The maximum absolute atomic E-state index is 12.9. The lowest BCUT2D eigenvalue weighted by atomic mass is 9.91. The molecule has 1 aliphatic heterocycles. The summed E-state index contributed by atoms with van der Waals surface area (Å²) in [4.78, 5) is 12.5. The predicted octanol–water partition coefficient (Wildman–Crippen LogP) is 6.26. The molecule has 0 amide bonds. The van der Waals surface area contributed by atoms with E-state index in [-0.39, 0.29) is 35.2 Å². The first-order chi connectivity index (χ1) is 20.2. The van der Waals surface area contributed by atoms with E-state index in [1.165, 1.54) is 23.9 Å². The lowest BCUT2D eigenvalue weighted by Gasteiger charge is -2.41. The van der Waals surface area contributed by atoms with Crippen LogP contribution in [0.5, 0.6) is 0 Å². The first-order valence-corrected chi connectivity index (χ1v) is 15.9. The van der Waals surface area contributed by atoms with E-state index in [9.17, 15) is 23.4 Å². The predicted molar refractivity (Wildman–Crippen MR) is 161 cm³/mol. The summed E-state index contributed by atoms with van der Waals surface area (Å²) < 4.78 is 41.5. The van der Waals surface area contributed by atoms with Crippen LogP contribution in [0.1, 0.15) is 46.4 Å². The minimum Gasteiger partial charge on any atom is -0.478 e. The number of benzene rings is 4. The number of carboxylic acids is 1. The number of ether oxygens (including phenoxy) is 2. The van der Waals surface area contributed by atoms with Gasteiger partial charge in [0.05, 0.1) is 29.3 Å². The van der Waals surface area contributed by atoms with E-state index in [1.54, 1.807) is 60.7 Å². The Morgan fingerprint density at radius 2 is 1.60 bits per heavy atom. The second-order valence-corrected chi connectivity index (χ2v) is 12.7. The fourth-order valence-electron chi connectivity index (χ4n) is 4.81. The average Bonchev–Trinajstić information content (AvgIpc) is 3.01. The minimum absolute atomic E-state index is 0.0684. The summed E-state index contributed by atoms with van der Waals surface area (Å²) in [5, 5.41) is 19.1. The van der Waals surface area contributed by atoms with Crippen molar-refractivity contribution in [3.63, 3.8) is 0 Å². The van der Waals surface area contributed by atoms with E-state index in [4.69, 9.17) is 9.47 Å². The number of aromatic carboxylic acids is 1. The van der Waals surface area contributed by atoms with Crippen LogP contribution in [0.15, 0.2) is 113 Å². The summed E-state index contributed by atoms with van der Waals surface area (Å²) in [6.07, 6.45) is -1.52. The quantitative estimate of drug-likeness (QED) is 0.181. The molecule has 0 aromatic heterocycles. The van der Waals surface area contributed by atoms with Gasteiger partial charge in [0.1, 0.15) is 0 Å². The lowest BCUT2D eigenvalue weighted by Crippen LogP contribution is -2.38. The summed E-state index contributed by atoms with van der Waals surface area (Å²) in [7, 11) is -3.79. The molecule has 8 nitrogen and oxygen atoms in total. The van der Waals surface area contributed by atoms with Crippen molar-refractivity contribution in [2.24, 2.45) is 5.92 Å². The number of rotatable bonds is 10. The van der Waals surface area contributed by atoms with Crippen molar-refractivity contribution in [2.45, 2.75) is 41.8 Å². The van der Waals surface area contributed by atoms with Crippen LogP contribution >= 0.6 is 11.8 Å². The van der Waals surface area contributed by atoms with E-state index in [0.717, 1.165) is 11.1 Å². The van der Waals surface area contributed by atoms with Crippen LogP contribution in [0.2, 0.25) is 0 Å². The number of thioether (sulfide) groups is 1. The fraction of sp³-hybridized carbons (Fsp3) is 0.219. The van der Waals surface area contributed by atoms with Crippen LogP contribution in [0, 0.1) is 5.92 Å². The molecule has 0 aliphatic carbocycles. The van der Waals surface area contributed by atoms with Crippen LogP contribution in [0.3, 0.4) is 0 Å². The van der Waals surface area contributed by atoms with Crippen molar-refractivity contribution in [2.75, 3.05) is 10.5 Å². The molecule has 0 spiro atoms. The van der Waals surface area contributed by atoms with Gasteiger partial charge in [0, 0.05) is 27.8 Å². The molecule has 0 radical (unpaired) electrons. The number of hydrogen-bond acceptors (Lipinski definition) is 7. The Bertz CT molecular complexity index is 1630. The molecule has 4 unspecified atom stereocenters. The Morgan fingerprint density at radius 3 is 2.31 bits per heavy atom. The smallest absolute Gasteiger partial charge is 0.336 e. The Labute approximate surface area is 249 Å². The Balaban J connectivity index is 1.42. The number of aliphatic hydroxyl groups excluding tert-OH is 1. The van der Waals surface area contributed by atoms with Crippen LogP contribution in [-0.4, -0.2) is 36.5 Å². The molecular weight excluding hydrogens is 574 g/mol. The largest absolute Gasteiger partial charge is 0.478 e. The number of sulfonamides is 1. The van der Waals surface area contributed by atoms with E-state index < -0.39 is 22.3 Å². The number of anilines is 1. The van der Waals surface area contributed by atoms with Crippen molar-refractivity contribution >= 4 is 33.4 Å². The summed E-state index contributed by atoms with van der Waals surface area (Å²) in [6, 6.07) is 29.4. The molecule has 1 saturated heterocycles. The molecule has 218 valence electrons. The first-order valence-electron chi connectivity index (χ1n) is 13.4. The molecule has 0 bridgehead atoms. The van der Waals surface area contributed by atoms with Crippen LogP contribution in [0.25, 0.3) is 0 Å². The van der Waals surface area contributed by atoms with Gasteiger partial charge in [0.2, 0.25) is 0 Å². The number of aliphatic hydroxyl groups is 1. The number of nitrogens with one attached hydrogen (secondary N) is 1. The van der Waals surface area contributed by atoms with Gasteiger partial charge in [-0.3, -0.25) is 4.72 Å². The normalized spacial score (nSPS) is 20.6. The molecule has 1 fully saturated rings. The first kappa shape index (κ1) is 29.8. The fourth-order valence-corrected chi connectivity index (χ4v) is 7.10. The monoisotopic (exact) mass is 605 g/mol. The highest BCUT2D eigenvalue weighted by Crippen LogP contribution is 2.43. The van der Waals surface area contributed by atoms with Gasteiger partial charge in [-0.25, -0.2) is 13.2 Å². The molecule has 1 aliphatic rings. The highest BCUT2D eigenvalue weighted by atomic mass is 32.2. The van der Waals surface area contributed by atoms with E-state index >= 15 is 0 Å². The van der Waals surface area contributed by atoms with E-state index in [0.29, 0.717) is 21.9 Å². The third kappa shape index (κ3) is 6.86. The SMILES string of the molecule is CC1C(CSc2ccccc2C(=O)O)OC(c2cccc(NS(=O)(=O)c3ccccc3)c2)OC1c1ccc(CO)cc1. The highest BCUT2D eigenvalue weighted by molar-refractivity contribution is 7.99. The Morgan fingerprint density at radius 1 is 0.881 bits per heavy atom. The molecule has 3 N–H and O–H groups in total. The zero-order valence-electron chi connectivity index (χ0n) is 22.8.